The van der Waals surface area contributed by atoms with E-state index in [2.05, 4.69) is 91.8 Å². The number of hydrogen-bond donors (Lipinski definition) is 4. The van der Waals surface area contributed by atoms with Crippen LogP contribution in [0.2, 0.25) is 0 Å². The largest absolute Gasteiger partial charge is 0.390 e. The van der Waals surface area contributed by atoms with Crippen molar-refractivity contribution in [2.24, 2.45) is 0 Å². The zero-order valence-electron chi connectivity index (χ0n) is 43.5. The number of Topliss-reactive ketones (excluding diaryl/α,β-unsaturated/α-hetero) is 2. The van der Waals surface area contributed by atoms with E-state index in [1.54, 1.807) is 20.8 Å². The van der Waals surface area contributed by atoms with Crippen molar-refractivity contribution in [3.8, 4) is 0 Å². The molecule has 0 amide bonds. The summed E-state index contributed by atoms with van der Waals surface area (Å²) in [5, 5.41) is 42.7. The SMILES string of the molecule is C.CC(C)=CCC/C(C)=C/CC/C(C)=C/CCC(C)(O)CCC1=C(C)C(=O)C(C)=C(C)C1=O.CC(C)=CCC/C(C)=C/CC/C(C)=C/CCC(C)(O)CCC1=C(C)C(O)C(C)=C(C)C1O. The first-order valence-electron chi connectivity index (χ1n) is 24.2. The van der Waals surface area contributed by atoms with E-state index in [0.29, 0.717) is 60.8 Å². The van der Waals surface area contributed by atoms with Crippen LogP contribution in [0.3, 0.4) is 0 Å². The minimum Gasteiger partial charge on any atom is -0.390 e. The summed E-state index contributed by atoms with van der Waals surface area (Å²) in [6, 6.07) is 0. The van der Waals surface area contributed by atoms with Gasteiger partial charge in [0.1, 0.15) is 0 Å². The van der Waals surface area contributed by atoms with Gasteiger partial charge >= 0.3 is 0 Å². The molecule has 6 nitrogen and oxygen atoms in total. The summed E-state index contributed by atoms with van der Waals surface area (Å²) in [5.74, 6) is -0.0909. The summed E-state index contributed by atoms with van der Waals surface area (Å²) in [6.07, 6.45) is 26.3. The van der Waals surface area contributed by atoms with Crippen molar-refractivity contribution in [3.05, 3.63) is 114 Å². The molecule has 0 heterocycles. The lowest BCUT2D eigenvalue weighted by Crippen LogP contribution is -2.30. The fourth-order valence-electron chi connectivity index (χ4n) is 8.18. The summed E-state index contributed by atoms with van der Waals surface area (Å²) in [5.41, 5.74) is 12.3. The molecule has 0 saturated heterocycles. The van der Waals surface area contributed by atoms with Crippen LogP contribution in [0.5, 0.6) is 0 Å². The second-order valence-corrected chi connectivity index (χ2v) is 20.4. The quantitative estimate of drug-likeness (QED) is 0.0567. The minimum absolute atomic E-state index is 0. The lowest BCUT2D eigenvalue weighted by Gasteiger charge is -2.32. The van der Waals surface area contributed by atoms with Crippen molar-refractivity contribution in [1.29, 1.82) is 0 Å². The van der Waals surface area contributed by atoms with E-state index < -0.39 is 23.4 Å². The molecule has 2 aliphatic carbocycles. The van der Waals surface area contributed by atoms with Crippen LogP contribution < -0.4 is 0 Å². The third kappa shape index (κ3) is 23.2. The van der Waals surface area contributed by atoms with Crippen molar-refractivity contribution in [3.63, 3.8) is 0 Å². The number of hydrogen-bond acceptors (Lipinski definition) is 6. The van der Waals surface area contributed by atoms with Gasteiger partial charge in [-0.05, 0) is 236 Å². The molecule has 4 unspecified atom stereocenters. The van der Waals surface area contributed by atoms with Crippen LogP contribution in [0.1, 0.15) is 221 Å². The number of carbonyl (C=O) groups excluding carboxylic acids is 2. The zero-order chi connectivity index (χ0) is 48.9. The van der Waals surface area contributed by atoms with Gasteiger partial charge in [0.15, 0.2) is 11.6 Å². The first kappa shape index (κ1) is 61.6. The van der Waals surface area contributed by atoms with Crippen LogP contribution in [0.4, 0.5) is 0 Å². The van der Waals surface area contributed by atoms with Gasteiger partial charge in [-0.1, -0.05) is 77.3 Å². The van der Waals surface area contributed by atoms with Gasteiger partial charge < -0.3 is 20.4 Å². The van der Waals surface area contributed by atoms with E-state index >= 15 is 0 Å². The van der Waals surface area contributed by atoms with Crippen LogP contribution >= 0.6 is 0 Å². The summed E-state index contributed by atoms with van der Waals surface area (Å²) >= 11 is 0. The van der Waals surface area contributed by atoms with Gasteiger partial charge in [0.05, 0.1) is 23.4 Å². The van der Waals surface area contributed by atoms with Gasteiger partial charge in [-0.25, -0.2) is 0 Å². The number of rotatable bonds is 24. The highest BCUT2D eigenvalue weighted by Gasteiger charge is 2.31. The Balaban J connectivity index is 0.00000124. The maximum Gasteiger partial charge on any atom is 0.185 e. The molecular formula is C59H96O6. The van der Waals surface area contributed by atoms with E-state index in [-0.39, 0.29) is 19.0 Å². The molecule has 368 valence electrons. The standard InChI is InChI=1S/C29H48O3.C29H44O3.CH4/c2*1-20(2)12-9-13-21(3)14-10-15-22(4)16-11-18-29(8,32)19-17-26-25(7)27(30)23(5)24(6)28(26)31;/h12,14,16,27-28,30-32H,9-11,13,15,17-19H2,1-8H3;12,14,16,32H,9-11,13,15,17-19H2,1-8H3;1H4/b2*21-14+,22-16+;. The van der Waals surface area contributed by atoms with Crippen molar-refractivity contribution in [2.75, 3.05) is 0 Å². The van der Waals surface area contributed by atoms with Gasteiger partial charge in [0, 0.05) is 22.3 Å². The number of aliphatic hydroxyl groups excluding tert-OH is 2. The van der Waals surface area contributed by atoms with Crippen LogP contribution in [-0.4, -0.2) is 55.4 Å². The molecule has 65 heavy (non-hydrogen) atoms. The summed E-state index contributed by atoms with van der Waals surface area (Å²) in [4.78, 5) is 24.9. The monoisotopic (exact) mass is 901 g/mol. The number of allylic oxidation sites excluding steroid dienone is 16. The molecule has 0 fully saturated rings. The topological polar surface area (TPSA) is 115 Å². The maximum absolute atomic E-state index is 12.6. The highest BCUT2D eigenvalue weighted by molar-refractivity contribution is 6.24. The lowest BCUT2D eigenvalue weighted by molar-refractivity contribution is -0.116. The molecule has 0 aromatic carbocycles. The zero-order valence-corrected chi connectivity index (χ0v) is 43.5. The molecule has 2 rings (SSSR count). The highest BCUT2D eigenvalue weighted by Crippen LogP contribution is 2.35. The van der Waals surface area contributed by atoms with Crippen molar-refractivity contribution >= 4 is 11.6 Å². The smallest absolute Gasteiger partial charge is 0.185 e. The van der Waals surface area contributed by atoms with Gasteiger partial charge in [-0.15, -0.1) is 0 Å². The molecule has 0 aromatic rings. The number of ketones is 2. The average Bonchev–Trinajstić information content (AvgIpc) is 3.20. The molecule has 0 aromatic heterocycles. The minimum atomic E-state index is -0.862. The van der Waals surface area contributed by atoms with Crippen LogP contribution in [0, 0.1) is 0 Å². The fraction of sp³-hybridized carbons (Fsp3) is 0.627. The third-order valence-electron chi connectivity index (χ3n) is 13.4. The fourth-order valence-corrected chi connectivity index (χ4v) is 8.18. The predicted octanol–water partition coefficient (Wildman–Crippen LogP) is 15.3. The molecule has 0 spiro atoms. The Bertz CT molecular complexity index is 1900. The first-order valence-corrected chi connectivity index (χ1v) is 24.2. The molecule has 0 aliphatic heterocycles. The highest BCUT2D eigenvalue weighted by atomic mass is 16.3. The normalized spacial score (nSPS) is 19.8. The molecule has 4 N–H and O–H groups in total. The molecule has 0 saturated carbocycles. The summed E-state index contributed by atoms with van der Waals surface area (Å²) < 4.78 is 0. The van der Waals surface area contributed by atoms with E-state index in [1.807, 2.05) is 34.6 Å². The third-order valence-corrected chi connectivity index (χ3v) is 13.4. The van der Waals surface area contributed by atoms with Crippen molar-refractivity contribution in [2.45, 2.75) is 244 Å². The van der Waals surface area contributed by atoms with Crippen LogP contribution in [-0.2, 0) is 9.59 Å². The van der Waals surface area contributed by atoms with E-state index in [4.69, 9.17) is 0 Å². The van der Waals surface area contributed by atoms with Crippen molar-refractivity contribution in [1.82, 2.24) is 0 Å². The maximum atomic E-state index is 12.6. The van der Waals surface area contributed by atoms with Gasteiger partial charge in [0.25, 0.3) is 0 Å². The second-order valence-electron chi connectivity index (χ2n) is 20.4. The molecular weight excluding hydrogens is 805 g/mol. The molecule has 4 atom stereocenters. The predicted molar refractivity (Wildman–Crippen MR) is 280 cm³/mol. The first-order chi connectivity index (χ1) is 29.7. The van der Waals surface area contributed by atoms with Gasteiger partial charge in [-0.2, -0.15) is 0 Å². The van der Waals surface area contributed by atoms with Gasteiger partial charge in [0.2, 0.25) is 0 Å². The Morgan fingerprint density at radius 2 is 0.800 bits per heavy atom. The van der Waals surface area contributed by atoms with E-state index in [9.17, 15) is 30.0 Å². The Hall–Kier alpha value is -3.42. The lowest BCUT2D eigenvalue weighted by atomic mass is 9.80. The van der Waals surface area contributed by atoms with Crippen molar-refractivity contribution < 1.29 is 30.0 Å². The molecule has 0 radical (unpaired) electrons. The van der Waals surface area contributed by atoms with Gasteiger partial charge in [-0.3, -0.25) is 9.59 Å². The van der Waals surface area contributed by atoms with Crippen LogP contribution in [0.25, 0.3) is 0 Å². The number of aliphatic hydroxyl groups is 4. The molecule has 6 heteroatoms. The Morgan fingerprint density at radius 3 is 1.20 bits per heavy atom. The molecule has 2 aliphatic rings. The van der Waals surface area contributed by atoms with E-state index in [0.717, 1.165) is 86.5 Å². The Kier molecular flexibility index (Phi) is 28.5. The Morgan fingerprint density at radius 1 is 0.462 bits per heavy atom. The Labute approximate surface area is 399 Å². The van der Waals surface area contributed by atoms with E-state index in [1.165, 1.54) is 33.4 Å². The van der Waals surface area contributed by atoms with Crippen LogP contribution in [0.15, 0.2) is 114 Å². The second kappa shape index (κ2) is 30.1. The summed E-state index contributed by atoms with van der Waals surface area (Å²) in [7, 11) is 0. The summed E-state index contributed by atoms with van der Waals surface area (Å²) in [6.45, 7) is 31.8. The number of carbonyl (C=O) groups is 2. The molecule has 0 bridgehead atoms. The average molecular weight is 901 g/mol.